The number of hydrogen-bond donors (Lipinski definition) is 3. The number of aromatic amines is 1. The zero-order valence-corrected chi connectivity index (χ0v) is 7.98. The van der Waals surface area contributed by atoms with Gasteiger partial charge in [0, 0.05) is 12.5 Å². The molecule has 2 atom stereocenters. The van der Waals surface area contributed by atoms with Crippen molar-refractivity contribution in [2.24, 2.45) is 5.92 Å². The Balaban J connectivity index is 1.79. The van der Waals surface area contributed by atoms with E-state index in [1.807, 2.05) is 0 Å². The molecule has 1 heterocycles. The van der Waals surface area contributed by atoms with Gasteiger partial charge in [-0.25, -0.2) is 0 Å². The molecule has 1 aliphatic carbocycles. The van der Waals surface area contributed by atoms with E-state index >= 15 is 0 Å². The van der Waals surface area contributed by atoms with E-state index in [1.54, 1.807) is 0 Å². The molecule has 2 rings (SSSR count). The number of tetrazole rings is 1. The number of aliphatic hydroxyl groups is 1. The van der Waals surface area contributed by atoms with Gasteiger partial charge in [-0.05, 0) is 18.1 Å². The summed E-state index contributed by atoms with van der Waals surface area (Å²) in [6.45, 7) is 0.723. The Morgan fingerprint density at radius 2 is 2.29 bits per heavy atom. The first-order valence-corrected chi connectivity index (χ1v) is 5.01. The minimum Gasteiger partial charge on any atom is -0.393 e. The van der Waals surface area contributed by atoms with Crippen molar-refractivity contribution in [3.8, 4) is 0 Å². The van der Waals surface area contributed by atoms with Gasteiger partial charge in [0.05, 0.1) is 6.10 Å². The summed E-state index contributed by atoms with van der Waals surface area (Å²) in [5.74, 6) is 0.824. The predicted molar refractivity (Wildman–Crippen MR) is 50.6 cm³/mol. The zero-order chi connectivity index (χ0) is 9.80. The number of aromatic nitrogens is 4. The minimum atomic E-state index is -0.178. The first-order valence-electron chi connectivity index (χ1n) is 5.01. The Kier molecular flexibility index (Phi) is 2.93. The third kappa shape index (κ3) is 2.20. The highest BCUT2D eigenvalue weighted by Gasteiger charge is 2.22. The van der Waals surface area contributed by atoms with E-state index in [4.69, 9.17) is 0 Å². The summed E-state index contributed by atoms with van der Waals surface area (Å²) < 4.78 is 0. The zero-order valence-electron chi connectivity index (χ0n) is 7.98. The summed E-state index contributed by atoms with van der Waals surface area (Å²) in [4.78, 5) is 0. The highest BCUT2D eigenvalue weighted by Crippen LogP contribution is 2.24. The number of anilines is 1. The van der Waals surface area contributed by atoms with Crippen molar-refractivity contribution >= 4 is 5.95 Å². The molecule has 1 aromatic heterocycles. The second-order valence-electron chi connectivity index (χ2n) is 3.73. The van der Waals surface area contributed by atoms with Crippen LogP contribution in [-0.4, -0.2) is 38.4 Å². The molecule has 0 aliphatic heterocycles. The van der Waals surface area contributed by atoms with Crippen LogP contribution in [0.25, 0.3) is 0 Å². The molecule has 1 aromatic rings. The maximum atomic E-state index is 9.69. The Bertz CT molecular complexity index is 263. The number of aliphatic hydroxyl groups excluding tert-OH is 1. The molecule has 0 spiro atoms. The SMILES string of the molecule is OC1CCCCC1CNc1nn[nH]n1. The summed E-state index contributed by atoms with van der Waals surface area (Å²) in [5.41, 5.74) is 0. The van der Waals surface area contributed by atoms with E-state index in [0.29, 0.717) is 11.9 Å². The van der Waals surface area contributed by atoms with Crippen molar-refractivity contribution in [1.82, 2.24) is 20.6 Å². The second-order valence-corrected chi connectivity index (χ2v) is 3.73. The van der Waals surface area contributed by atoms with Crippen LogP contribution in [0.15, 0.2) is 0 Å². The van der Waals surface area contributed by atoms with E-state index in [1.165, 1.54) is 6.42 Å². The van der Waals surface area contributed by atoms with Crippen LogP contribution in [0, 0.1) is 5.92 Å². The first kappa shape index (κ1) is 9.39. The highest BCUT2D eigenvalue weighted by molar-refractivity contribution is 5.18. The molecule has 0 aromatic carbocycles. The average Bonchev–Trinajstić information content (AvgIpc) is 2.69. The van der Waals surface area contributed by atoms with Gasteiger partial charge in [-0.15, -0.1) is 5.10 Å². The normalized spacial score (nSPS) is 27.5. The van der Waals surface area contributed by atoms with Crippen LogP contribution in [0.3, 0.4) is 0 Å². The fourth-order valence-electron chi connectivity index (χ4n) is 1.89. The van der Waals surface area contributed by atoms with Crippen LogP contribution in [0.5, 0.6) is 0 Å². The van der Waals surface area contributed by atoms with E-state index in [0.717, 1.165) is 25.8 Å². The Morgan fingerprint density at radius 3 is 3.00 bits per heavy atom. The lowest BCUT2D eigenvalue weighted by molar-refractivity contribution is 0.0762. The maximum Gasteiger partial charge on any atom is 0.263 e. The summed E-state index contributed by atoms with van der Waals surface area (Å²) >= 11 is 0. The second kappa shape index (κ2) is 4.36. The van der Waals surface area contributed by atoms with Crippen molar-refractivity contribution in [2.75, 3.05) is 11.9 Å². The van der Waals surface area contributed by atoms with E-state index in [9.17, 15) is 5.11 Å². The molecule has 6 heteroatoms. The summed E-state index contributed by atoms with van der Waals surface area (Å²) in [7, 11) is 0. The van der Waals surface area contributed by atoms with Crippen molar-refractivity contribution in [3.05, 3.63) is 0 Å². The molecule has 0 amide bonds. The van der Waals surface area contributed by atoms with Crippen LogP contribution in [0.1, 0.15) is 25.7 Å². The smallest absolute Gasteiger partial charge is 0.263 e. The molecular weight excluding hydrogens is 182 g/mol. The van der Waals surface area contributed by atoms with E-state index < -0.39 is 0 Å². The fourth-order valence-corrected chi connectivity index (χ4v) is 1.89. The number of H-pyrrole nitrogens is 1. The van der Waals surface area contributed by atoms with Gasteiger partial charge in [0.25, 0.3) is 5.95 Å². The van der Waals surface area contributed by atoms with Crippen LogP contribution in [-0.2, 0) is 0 Å². The lowest BCUT2D eigenvalue weighted by Crippen LogP contribution is -2.30. The summed E-state index contributed by atoms with van der Waals surface area (Å²) in [5, 5.41) is 26.1. The van der Waals surface area contributed by atoms with Crippen LogP contribution in [0.2, 0.25) is 0 Å². The van der Waals surface area contributed by atoms with Crippen molar-refractivity contribution in [3.63, 3.8) is 0 Å². The minimum absolute atomic E-state index is 0.178. The Labute approximate surface area is 82.1 Å². The molecule has 78 valence electrons. The standard InChI is InChI=1S/C8H15N5O/c14-7-4-2-1-3-6(7)5-9-8-10-12-13-11-8/h6-7,14H,1-5H2,(H2,9,10,11,12,13). The van der Waals surface area contributed by atoms with Crippen molar-refractivity contribution in [2.45, 2.75) is 31.8 Å². The maximum absolute atomic E-state index is 9.69. The molecule has 2 unspecified atom stereocenters. The van der Waals surface area contributed by atoms with Crippen LogP contribution in [0.4, 0.5) is 5.95 Å². The van der Waals surface area contributed by atoms with Gasteiger partial charge in [0.1, 0.15) is 0 Å². The van der Waals surface area contributed by atoms with Gasteiger partial charge in [-0.2, -0.15) is 5.21 Å². The third-order valence-corrected chi connectivity index (χ3v) is 2.74. The third-order valence-electron chi connectivity index (χ3n) is 2.74. The van der Waals surface area contributed by atoms with Crippen LogP contribution >= 0.6 is 0 Å². The van der Waals surface area contributed by atoms with Gasteiger partial charge in [-0.1, -0.05) is 17.9 Å². The van der Waals surface area contributed by atoms with Crippen molar-refractivity contribution in [1.29, 1.82) is 0 Å². The largest absolute Gasteiger partial charge is 0.393 e. The number of hydrogen-bond acceptors (Lipinski definition) is 5. The van der Waals surface area contributed by atoms with Gasteiger partial charge < -0.3 is 10.4 Å². The lowest BCUT2D eigenvalue weighted by atomic mass is 9.86. The molecule has 6 nitrogen and oxygen atoms in total. The monoisotopic (exact) mass is 197 g/mol. The van der Waals surface area contributed by atoms with Crippen LogP contribution < -0.4 is 5.32 Å². The molecule has 0 bridgehead atoms. The molecule has 1 fully saturated rings. The molecular formula is C8H15N5O. The number of rotatable bonds is 3. The van der Waals surface area contributed by atoms with Gasteiger partial charge >= 0.3 is 0 Å². The number of nitrogens with zero attached hydrogens (tertiary/aromatic N) is 3. The molecule has 14 heavy (non-hydrogen) atoms. The quantitative estimate of drug-likeness (QED) is 0.642. The molecule has 0 saturated heterocycles. The van der Waals surface area contributed by atoms with E-state index in [2.05, 4.69) is 25.9 Å². The topological polar surface area (TPSA) is 86.7 Å². The highest BCUT2D eigenvalue weighted by atomic mass is 16.3. The number of nitrogens with one attached hydrogen (secondary N) is 2. The van der Waals surface area contributed by atoms with Crippen molar-refractivity contribution < 1.29 is 5.11 Å². The van der Waals surface area contributed by atoms with Gasteiger partial charge in [0.2, 0.25) is 0 Å². The Hall–Kier alpha value is -1.17. The molecule has 0 radical (unpaired) electrons. The summed E-state index contributed by atoms with van der Waals surface area (Å²) in [6.07, 6.45) is 4.16. The lowest BCUT2D eigenvalue weighted by Gasteiger charge is -2.27. The summed E-state index contributed by atoms with van der Waals surface area (Å²) in [6, 6.07) is 0. The fraction of sp³-hybridized carbons (Fsp3) is 0.875. The first-order chi connectivity index (χ1) is 6.86. The molecule has 1 aliphatic rings. The Morgan fingerprint density at radius 1 is 1.43 bits per heavy atom. The van der Waals surface area contributed by atoms with Gasteiger partial charge in [0.15, 0.2) is 0 Å². The van der Waals surface area contributed by atoms with E-state index in [-0.39, 0.29) is 6.10 Å². The predicted octanol–water partition coefficient (Wildman–Crippen LogP) is 0.163. The molecule has 3 N–H and O–H groups in total. The van der Waals surface area contributed by atoms with Gasteiger partial charge in [-0.3, -0.25) is 0 Å². The molecule has 1 saturated carbocycles. The average molecular weight is 197 g/mol.